The molecule has 2 N–H and O–H groups in total. The number of rotatable bonds is 5. The molecular weight excluding hydrogens is 338 g/mol. The second-order valence-corrected chi connectivity index (χ2v) is 5.51. The van der Waals surface area contributed by atoms with Crippen LogP contribution in [0.15, 0.2) is 60.2 Å². The van der Waals surface area contributed by atoms with Gasteiger partial charge in [-0.15, -0.1) is 0 Å². The Hall–Kier alpha value is -3.29. The van der Waals surface area contributed by atoms with Gasteiger partial charge in [0.2, 0.25) is 0 Å². The zero-order chi connectivity index (χ0) is 18.4. The van der Waals surface area contributed by atoms with Crippen molar-refractivity contribution >= 4 is 5.96 Å². The summed E-state index contributed by atoms with van der Waals surface area (Å²) in [6.07, 6.45) is 6.94. The van der Waals surface area contributed by atoms with Crippen molar-refractivity contribution in [3.05, 3.63) is 78.0 Å². The molecule has 1 aromatic carbocycles. The number of aromatic nitrogens is 3. The molecule has 2 aromatic heterocycles. The summed E-state index contributed by atoms with van der Waals surface area (Å²) < 4.78 is 28.7. The van der Waals surface area contributed by atoms with E-state index in [4.69, 9.17) is 0 Å². The summed E-state index contributed by atoms with van der Waals surface area (Å²) in [5.41, 5.74) is 1.19. The molecule has 0 fully saturated rings. The number of nitrogens with one attached hydrogen (secondary N) is 2. The van der Waals surface area contributed by atoms with Crippen LogP contribution in [0.3, 0.4) is 0 Å². The Balaban J connectivity index is 1.55. The van der Waals surface area contributed by atoms with Crippen molar-refractivity contribution in [3.63, 3.8) is 0 Å². The van der Waals surface area contributed by atoms with Gasteiger partial charge in [0.1, 0.15) is 23.8 Å². The predicted molar refractivity (Wildman–Crippen MR) is 94.8 cm³/mol. The minimum Gasteiger partial charge on any atom is -0.352 e. The van der Waals surface area contributed by atoms with E-state index in [1.165, 1.54) is 0 Å². The van der Waals surface area contributed by atoms with Crippen LogP contribution in [-0.4, -0.2) is 27.5 Å². The zero-order valence-corrected chi connectivity index (χ0v) is 14.2. The van der Waals surface area contributed by atoms with Crippen LogP contribution < -0.4 is 10.6 Å². The molecule has 26 heavy (non-hydrogen) atoms. The van der Waals surface area contributed by atoms with Gasteiger partial charge in [0.15, 0.2) is 5.96 Å². The van der Waals surface area contributed by atoms with Gasteiger partial charge in [-0.2, -0.15) is 0 Å². The van der Waals surface area contributed by atoms with E-state index in [0.717, 1.165) is 29.6 Å². The maximum atomic E-state index is 13.6. The summed E-state index contributed by atoms with van der Waals surface area (Å²) in [5, 5.41) is 6.07. The molecule has 0 unspecified atom stereocenters. The number of pyridine rings is 1. The van der Waals surface area contributed by atoms with Gasteiger partial charge in [-0.3, -0.25) is 9.56 Å². The first-order valence-electron chi connectivity index (χ1n) is 7.97. The van der Waals surface area contributed by atoms with Gasteiger partial charge in [0.05, 0.1) is 0 Å². The van der Waals surface area contributed by atoms with E-state index in [9.17, 15) is 8.78 Å². The molecule has 0 bridgehead atoms. The maximum Gasteiger partial charge on any atom is 0.191 e. The topological polar surface area (TPSA) is 67.1 Å². The Labute approximate surface area is 149 Å². The highest BCUT2D eigenvalue weighted by Crippen LogP contribution is 2.09. The summed E-state index contributed by atoms with van der Waals surface area (Å²) in [4.78, 5) is 12.4. The number of hydrogen-bond acceptors (Lipinski definition) is 3. The average molecular weight is 356 g/mol. The number of imidazole rings is 1. The van der Waals surface area contributed by atoms with E-state index in [2.05, 4.69) is 25.6 Å². The van der Waals surface area contributed by atoms with Crippen LogP contribution in [-0.2, 0) is 13.1 Å². The fourth-order valence-electron chi connectivity index (χ4n) is 2.33. The molecule has 0 saturated carbocycles. The molecule has 0 saturated heterocycles. The first-order chi connectivity index (χ1) is 12.7. The molecule has 0 aliphatic carbocycles. The van der Waals surface area contributed by atoms with Crippen LogP contribution in [0.5, 0.6) is 0 Å². The summed E-state index contributed by atoms with van der Waals surface area (Å²) >= 11 is 0. The van der Waals surface area contributed by atoms with Crippen molar-refractivity contribution in [2.24, 2.45) is 4.99 Å². The van der Waals surface area contributed by atoms with Crippen LogP contribution in [0.25, 0.3) is 5.82 Å². The van der Waals surface area contributed by atoms with Crippen molar-refractivity contribution in [1.29, 1.82) is 0 Å². The molecule has 6 nitrogen and oxygen atoms in total. The highest BCUT2D eigenvalue weighted by molar-refractivity contribution is 5.79. The number of guanidine groups is 1. The van der Waals surface area contributed by atoms with Crippen LogP contribution >= 0.6 is 0 Å². The Kier molecular flexibility index (Phi) is 5.52. The van der Waals surface area contributed by atoms with Gasteiger partial charge in [0, 0.05) is 44.3 Å². The van der Waals surface area contributed by atoms with Crippen molar-refractivity contribution in [1.82, 2.24) is 25.2 Å². The smallest absolute Gasteiger partial charge is 0.191 e. The second kappa shape index (κ2) is 8.19. The lowest BCUT2D eigenvalue weighted by atomic mass is 10.2. The molecular formula is C18H18F2N6. The summed E-state index contributed by atoms with van der Waals surface area (Å²) in [6, 6.07) is 7.18. The monoisotopic (exact) mass is 356 g/mol. The summed E-state index contributed by atoms with van der Waals surface area (Å²) in [5.74, 6) is 0.312. The summed E-state index contributed by atoms with van der Waals surface area (Å²) in [7, 11) is 1.61. The first kappa shape index (κ1) is 17.5. The van der Waals surface area contributed by atoms with Gasteiger partial charge in [0.25, 0.3) is 0 Å². The second-order valence-electron chi connectivity index (χ2n) is 5.51. The van der Waals surface area contributed by atoms with Crippen molar-refractivity contribution < 1.29 is 8.78 Å². The Morgan fingerprint density at radius 2 is 2.00 bits per heavy atom. The SMILES string of the molecule is CN=C(NCc1ccc(-n2ccnc2)nc1)NCc1cc(F)ccc1F. The van der Waals surface area contributed by atoms with E-state index in [0.29, 0.717) is 12.5 Å². The molecule has 3 rings (SSSR count). The maximum absolute atomic E-state index is 13.6. The fourth-order valence-corrected chi connectivity index (χ4v) is 2.33. The number of hydrogen-bond donors (Lipinski definition) is 2. The van der Waals surface area contributed by atoms with Gasteiger partial charge < -0.3 is 10.6 Å². The lowest BCUT2D eigenvalue weighted by Gasteiger charge is -2.12. The lowest BCUT2D eigenvalue weighted by molar-refractivity contribution is 0.581. The number of nitrogens with zero attached hydrogens (tertiary/aromatic N) is 4. The third-order valence-corrected chi connectivity index (χ3v) is 3.72. The van der Waals surface area contributed by atoms with Gasteiger partial charge in [-0.25, -0.2) is 18.7 Å². The highest BCUT2D eigenvalue weighted by Gasteiger charge is 2.05. The Bertz CT molecular complexity index is 875. The van der Waals surface area contributed by atoms with Crippen LogP contribution in [0.4, 0.5) is 8.78 Å². The van der Waals surface area contributed by atoms with E-state index in [1.807, 2.05) is 22.9 Å². The van der Waals surface area contributed by atoms with E-state index in [-0.39, 0.29) is 12.1 Å². The Morgan fingerprint density at radius 1 is 1.15 bits per heavy atom. The zero-order valence-electron chi connectivity index (χ0n) is 14.2. The largest absolute Gasteiger partial charge is 0.352 e. The summed E-state index contributed by atoms with van der Waals surface area (Å²) in [6.45, 7) is 0.615. The molecule has 134 valence electrons. The molecule has 0 spiro atoms. The molecule has 8 heteroatoms. The van der Waals surface area contributed by atoms with Crippen molar-refractivity contribution in [2.75, 3.05) is 7.05 Å². The quantitative estimate of drug-likeness (QED) is 0.544. The van der Waals surface area contributed by atoms with Crippen LogP contribution in [0.1, 0.15) is 11.1 Å². The highest BCUT2D eigenvalue weighted by atomic mass is 19.1. The van der Waals surface area contributed by atoms with E-state index >= 15 is 0 Å². The van der Waals surface area contributed by atoms with Gasteiger partial charge in [-0.05, 0) is 29.8 Å². The average Bonchev–Trinajstić information content (AvgIpc) is 3.20. The number of halogens is 2. The lowest BCUT2D eigenvalue weighted by Crippen LogP contribution is -2.36. The van der Waals surface area contributed by atoms with Crippen LogP contribution in [0.2, 0.25) is 0 Å². The molecule has 0 aliphatic rings. The van der Waals surface area contributed by atoms with Crippen LogP contribution in [0, 0.1) is 11.6 Å². The van der Waals surface area contributed by atoms with E-state index in [1.54, 1.807) is 25.8 Å². The third kappa shape index (κ3) is 4.41. The molecule has 0 radical (unpaired) electrons. The molecule has 0 atom stereocenters. The van der Waals surface area contributed by atoms with Gasteiger partial charge in [-0.1, -0.05) is 6.07 Å². The number of aliphatic imine (C=N–C) groups is 1. The van der Waals surface area contributed by atoms with Crippen molar-refractivity contribution in [3.8, 4) is 5.82 Å². The number of benzene rings is 1. The minimum atomic E-state index is -0.477. The van der Waals surface area contributed by atoms with Gasteiger partial charge >= 0.3 is 0 Å². The normalized spacial score (nSPS) is 11.4. The molecule has 2 heterocycles. The van der Waals surface area contributed by atoms with Crippen molar-refractivity contribution in [2.45, 2.75) is 13.1 Å². The first-order valence-corrected chi connectivity index (χ1v) is 7.97. The molecule has 0 aliphatic heterocycles. The fraction of sp³-hybridized carbons (Fsp3) is 0.167. The predicted octanol–water partition coefficient (Wildman–Crippen LogP) is 2.41. The standard InChI is InChI=1S/C18H18F2N6/c1-21-18(25-11-14-8-15(19)3-4-16(14)20)24-10-13-2-5-17(23-9-13)26-7-6-22-12-26/h2-9,12H,10-11H2,1H3,(H2,21,24,25). The minimum absolute atomic E-state index is 0.126. The Morgan fingerprint density at radius 3 is 2.69 bits per heavy atom. The third-order valence-electron chi connectivity index (χ3n) is 3.72. The molecule has 0 amide bonds. The van der Waals surface area contributed by atoms with E-state index < -0.39 is 11.6 Å². The molecule has 3 aromatic rings.